The number of aromatic nitrogens is 3. The van der Waals surface area contributed by atoms with Gasteiger partial charge in [0.05, 0.1) is 11.6 Å². The van der Waals surface area contributed by atoms with Crippen molar-refractivity contribution in [3.63, 3.8) is 0 Å². The largest absolute Gasteiger partial charge is 0.475 e. The summed E-state index contributed by atoms with van der Waals surface area (Å²) in [6.45, 7) is 3.59. The van der Waals surface area contributed by atoms with E-state index in [1.807, 2.05) is 13.0 Å². The highest BCUT2D eigenvalue weighted by Gasteiger charge is 2.31. The molecule has 6 heteroatoms. The third-order valence-electron chi connectivity index (χ3n) is 4.08. The number of ether oxygens (including phenoxy) is 1. The van der Waals surface area contributed by atoms with Gasteiger partial charge in [0.15, 0.2) is 0 Å². The number of hydrogen-bond donors (Lipinski definition) is 1. The maximum atomic E-state index is 5.94. The van der Waals surface area contributed by atoms with E-state index in [-0.39, 0.29) is 0 Å². The Morgan fingerprint density at radius 2 is 2.20 bits per heavy atom. The van der Waals surface area contributed by atoms with Gasteiger partial charge >= 0.3 is 0 Å². The molecule has 0 amide bonds. The van der Waals surface area contributed by atoms with Gasteiger partial charge in [0.25, 0.3) is 0 Å². The van der Waals surface area contributed by atoms with Gasteiger partial charge < -0.3 is 15.4 Å². The van der Waals surface area contributed by atoms with Crippen molar-refractivity contribution in [1.82, 2.24) is 15.0 Å². The molecule has 0 aromatic carbocycles. The summed E-state index contributed by atoms with van der Waals surface area (Å²) < 4.78 is 5.94. The number of nitrogens with zero attached hydrogens (tertiary/aromatic N) is 4. The summed E-state index contributed by atoms with van der Waals surface area (Å²) in [5.41, 5.74) is 7.59. The zero-order valence-corrected chi connectivity index (χ0v) is 11.5. The van der Waals surface area contributed by atoms with Crippen molar-refractivity contribution in [2.75, 3.05) is 23.8 Å². The molecule has 2 aliphatic heterocycles. The third kappa shape index (κ3) is 1.67. The van der Waals surface area contributed by atoms with Crippen LogP contribution >= 0.6 is 0 Å². The highest BCUT2D eigenvalue weighted by atomic mass is 16.5. The molecular weight excluding hydrogens is 254 g/mol. The Kier molecular flexibility index (Phi) is 2.45. The average Bonchev–Trinajstić information content (AvgIpc) is 2.57. The topological polar surface area (TPSA) is 77.2 Å². The van der Waals surface area contributed by atoms with Crippen LogP contribution in [0.3, 0.4) is 0 Å². The van der Waals surface area contributed by atoms with Gasteiger partial charge in [-0.3, -0.25) is 0 Å². The van der Waals surface area contributed by atoms with E-state index in [0.29, 0.717) is 24.5 Å². The monoisotopic (exact) mass is 271 g/mol. The molecule has 20 heavy (non-hydrogen) atoms. The van der Waals surface area contributed by atoms with E-state index in [1.165, 1.54) is 12.8 Å². The maximum absolute atomic E-state index is 5.94. The van der Waals surface area contributed by atoms with Crippen LogP contribution in [0.1, 0.15) is 25.0 Å². The lowest BCUT2D eigenvalue weighted by Crippen LogP contribution is -2.42. The number of nitrogen functional groups attached to an aromatic ring is 1. The van der Waals surface area contributed by atoms with Crippen LogP contribution in [0, 0.1) is 6.92 Å². The maximum Gasteiger partial charge on any atom is 0.227 e. The highest BCUT2D eigenvalue weighted by molar-refractivity contribution is 5.95. The Morgan fingerprint density at radius 1 is 1.30 bits per heavy atom. The Balaban J connectivity index is 2.02. The van der Waals surface area contributed by atoms with Gasteiger partial charge in [-0.25, -0.2) is 9.97 Å². The van der Waals surface area contributed by atoms with E-state index >= 15 is 0 Å². The zero-order valence-electron chi connectivity index (χ0n) is 11.5. The number of pyridine rings is 1. The standard InChI is InChI=1S/C14H17N5O/c1-8-6-10-11-12(18-14(15)17-10)19-5-3-2-4-9(19)7-20-13(11)16-8/h6,9H,2-5,7H2,1H3,(H2,15,17,18). The van der Waals surface area contributed by atoms with Gasteiger partial charge in [-0.05, 0) is 32.3 Å². The van der Waals surface area contributed by atoms with Crippen molar-refractivity contribution >= 4 is 22.7 Å². The number of rotatable bonds is 0. The Labute approximate surface area is 117 Å². The lowest BCUT2D eigenvalue weighted by atomic mass is 10.0. The summed E-state index contributed by atoms with van der Waals surface area (Å²) in [6.07, 6.45) is 3.53. The number of piperidine rings is 1. The van der Waals surface area contributed by atoms with Crippen LogP contribution in [0.2, 0.25) is 0 Å². The zero-order chi connectivity index (χ0) is 13.7. The summed E-state index contributed by atoms with van der Waals surface area (Å²) in [4.78, 5) is 15.6. The highest BCUT2D eigenvalue weighted by Crippen LogP contribution is 2.37. The average molecular weight is 271 g/mol. The first-order valence-corrected chi connectivity index (χ1v) is 7.06. The molecule has 2 aliphatic rings. The van der Waals surface area contributed by atoms with Crippen LogP contribution < -0.4 is 15.4 Å². The van der Waals surface area contributed by atoms with Crippen molar-refractivity contribution < 1.29 is 4.74 Å². The molecule has 0 bridgehead atoms. The fraction of sp³-hybridized carbons (Fsp3) is 0.500. The van der Waals surface area contributed by atoms with Crippen LogP contribution in [0.5, 0.6) is 5.88 Å². The molecule has 1 saturated heterocycles. The summed E-state index contributed by atoms with van der Waals surface area (Å²) >= 11 is 0. The van der Waals surface area contributed by atoms with Crippen molar-refractivity contribution in [2.45, 2.75) is 32.2 Å². The molecule has 1 atom stereocenters. The molecule has 0 radical (unpaired) electrons. The normalized spacial score (nSPS) is 21.2. The number of nitrogens with two attached hydrogens (primary N) is 1. The van der Waals surface area contributed by atoms with Crippen LogP contribution in [0.15, 0.2) is 6.07 Å². The summed E-state index contributed by atoms with van der Waals surface area (Å²) in [5, 5.41) is 0.897. The van der Waals surface area contributed by atoms with Gasteiger partial charge in [0.1, 0.15) is 17.8 Å². The second kappa shape index (κ2) is 4.19. The minimum absolute atomic E-state index is 0.315. The van der Waals surface area contributed by atoms with Crippen LogP contribution in [0.25, 0.3) is 10.9 Å². The molecule has 2 aromatic heterocycles. The Morgan fingerprint density at radius 3 is 3.10 bits per heavy atom. The first-order valence-electron chi connectivity index (χ1n) is 7.06. The summed E-state index contributed by atoms with van der Waals surface area (Å²) in [7, 11) is 0. The second-order valence-corrected chi connectivity index (χ2v) is 5.52. The molecule has 1 fully saturated rings. The first kappa shape index (κ1) is 11.7. The predicted molar refractivity (Wildman–Crippen MR) is 77.0 cm³/mol. The van der Waals surface area contributed by atoms with Crippen LogP contribution in [-0.4, -0.2) is 34.1 Å². The van der Waals surface area contributed by atoms with Gasteiger partial charge in [-0.15, -0.1) is 0 Å². The van der Waals surface area contributed by atoms with Crippen LogP contribution in [0.4, 0.5) is 11.8 Å². The third-order valence-corrected chi connectivity index (χ3v) is 4.08. The molecule has 0 spiro atoms. The minimum Gasteiger partial charge on any atom is -0.475 e. The SMILES string of the molecule is Cc1cc2nc(N)nc3c2c(n1)OCC1CCCCN31. The fourth-order valence-electron chi connectivity index (χ4n) is 3.18. The number of anilines is 2. The molecule has 1 unspecified atom stereocenters. The molecule has 4 heterocycles. The minimum atomic E-state index is 0.315. The molecule has 6 nitrogen and oxygen atoms in total. The molecule has 4 rings (SSSR count). The van der Waals surface area contributed by atoms with Gasteiger partial charge in [0, 0.05) is 12.2 Å². The first-order chi connectivity index (χ1) is 9.72. The molecule has 0 aliphatic carbocycles. The quantitative estimate of drug-likeness (QED) is 0.785. The van der Waals surface area contributed by atoms with E-state index in [1.54, 1.807) is 0 Å². The second-order valence-electron chi connectivity index (χ2n) is 5.52. The van der Waals surface area contributed by atoms with Crippen molar-refractivity contribution in [3.8, 4) is 5.88 Å². The van der Waals surface area contributed by atoms with Crippen molar-refractivity contribution in [3.05, 3.63) is 11.8 Å². The lowest BCUT2D eigenvalue weighted by molar-refractivity contribution is 0.259. The molecule has 0 saturated carbocycles. The van der Waals surface area contributed by atoms with Gasteiger partial charge in [-0.2, -0.15) is 4.98 Å². The molecule has 104 valence electrons. The smallest absolute Gasteiger partial charge is 0.227 e. The fourth-order valence-corrected chi connectivity index (χ4v) is 3.18. The van der Waals surface area contributed by atoms with Gasteiger partial charge in [0.2, 0.25) is 11.8 Å². The van der Waals surface area contributed by atoms with E-state index < -0.39 is 0 Å². The lowest BCUT2D eigenvalue weighted by Gasteiger charge is -2.34. The number of fused-ring (bicyclic) bond motifs is 2. The molecular formula is C14H17N5O. The Bertz CT molecular complexity index is 682. The predicted octanol–water partition coefficient (Wildman–Crippen LogP) is 1.67. The molecule has 2 N–H and O–H groups in total. The molecule has 2 aromatic rings. The van der Waals surface area contributed by atoms with E-state index in [4.69, 9.17) is 10.5 Å². The van der Waals surface area contributed by atoms with E-state index in [2.05, 4.69) is 19.9 Å². The number of hydrogen-bond acceptors (Lipinski definition) is 6. The Hall–Kier alpha value is -2.11. The van der Waals surface area contributed by atoms with Crippen LogP contribution in [-0.2, 0) is 0 Å². The van der Waals surface area contributed by atoms with E-state index in [0.717, 1.165) is 35.4 Å². The van der Waals surface area contributed by atoms with E-state index in [9.17, 15) is 0 Å². The number of aryl methyl sites for hydroxylation is 1. The van der Waals surface area contributed by atoms with Gasteiger partial charge in [-0.1, -0.05) is 0 Å². The van der Waals surface area contributed by atoms with Crippen molar-refractivity contribution in [2.24, 2.45) is 0 Å². The van der Waals surface area contributed by atoms with Crippen molar-refractivity contribution in [1.29, 1.82) is 0 Å². The summed E-state index contributed by atoms with van der Waals surface area (Å²) in [6, 6.07) is 2.30. The summed E-state index contributed by atoms with van der Waals surface area (Å²) in [5.74, 6) is 1.84.